The maximum absolute atomic E-state index is 8.47. The molecule has 0 fully saturated rings. The van der Waals surface area contributed by atoms with Crippen LogP contribution in [0.4, 0.5) is 0 Å². The van der Waals surface area contributed by atoms with E-state index < -0.39 is 0 Å². The smallest absolute Gasteiger partial charge is 0.125 e. The van der Waals surface area contributed by atoms with Crippen LogP contribution in [0.5, 0.6) is 0 Å². The van der Waals surface area contributed by atoms with E-state index in [2.05, 4.69) is 68.3 Å². The number of hydrogen-bond acceptors (Lipinski definition) is 5. The number of nitrogens with zero attached hydrogens (tertiary/aromatic N) is 4. The molecule has 0 saturated heterocycles. The molecular formula is C132H271N5. The van der Waals surface area contributed by atoms with Crippen LogP contribution in [0.25, 0.3) is 0 Å². The lowest BCUT2D eigenvalue weighted by Gasteiger charge is -2.49. The molecule has 0 aliphatic heterocycles. The van der Waals surface area contributed by atoms with Gasteiger partial charge in [-0.1, -0.05) is 729 Å². The molecule has 0 aromatic carbocycles. The third-order valence-electron chi connectivity index (χ3n) is 32.9. The zero-order valence-corrected chi connectivity index (χ0v) is 97.5. The lowest BCUT2D eigenvalue weighted by Crippen LogP contribution is -2.67. The molecule has 0 saturated carbocycles. The van der Waals surface area contributed by atoms with Crippen LogP contribution in [0, 0.1) is 0 Å². The first-order chi connectivity index (χ1) is 68.0. The minimum Gasteiger partial charge on any atom is -0.301 e. The summed E-state index contributed by atoms with van der Waals surface area (Å²) in [6.07, 6.45) is 167. The summed E-state index contributed by atoms with van der Waals surface area (Å²) in [5.41, 5.74) is 8.47. The SMILES string of the molecule is CCCCCCCCCCCCCCCCCCN(CCCCCCCCCCCCCCCCCC(N)(N(CCCCCCCCCCCCCCC)CCCCCCCCCCCCCCC)N(CCCCCCCCCCCCCCCC)CCCCCCCCCCCCCCCC)N(CCCCCCCCCCCCCCCCC)CCCCCCCCCCCCCCCCC. The van der Waals surface area contributed by atoms with Crippen molar-refractivity contribution < 1.29 is 0 Å². The molecule has 0 bridgehead atoms. The van der Waals surface area contributed by atoms with Crippen LogP contribution in [0.2, 0.25) is 0 Å². The lowest BCUT2D eigenvalue weighted by atomic mass is 10.00. The van der Waals surface area contributed by atoms with E-state index in [9.17, 15) is 0 Å². The van der Waals surface area contributed by atoms with Crippen molar-refractivity contribution in [2.24, 2.45) is 5.73 Å². The van der Waals surface area contributed by atoms with Gasteiger partial charge in [-0.3, -0.25) is 9.80 Å². The van der Waals surface area contributed by atoms with Gasteiger partial charge >= 0.3 is 0 Å². The number of unbranched alkanes of at least 4 members (excludes halogenated alkanes) is 107. The van der Waals surface area contributed by atoms with Crippen molar-refractivity contribution in [2.45, 2.75) is 799 Å². The van der Waals surface area contributed by atoms with Crippen LogP contribution in [0.3, 0.4) is 0 Å². The minimum atomic E-state index is -0.328. The molecule has 5 nitrogen and oxygen atoms in total. The maximum Gasteiger partial charge on any atom is 0.125 e. The second-order valence-electron chi connectivity index (χ2n) is 46.7. The summed E-state index contributed by atoms with van der Waals surface area (Å²) in [6.45, 7) is 26.5. The Labute approximate surface area is 871 Å². The fraction of sp³-hybridized carbons (Fsp3) is 1.00. The van der Waals surface area contributed by atoms with Crippen LogP contribution < -0.4 is 5.73 Å². The summed E-state index contributed by atoms with van der Waals surface area (Å²) in [6, 6.07) is 0. The van der Waals surface area contributed by atoms with E-state index in [0.29, 0.717) is 0 Å². The predicted octanol–water partition coefficient (Wildman–Crippen LogP) is 47.1. The van der Waals surface area contributed by atoms with Crippen molar-refractivity contribution in [3.8, 4) is 0 Å². The van der Waals surface area contributed by atoms with Crippen molar-refractivity contribution >= 4 is 0 Å². The monoisotopic (exact) mass is 1930 g/mol. The molecule has 1 atom stereocenters. The summed E-state index contributed by atoms with van der Waals surface area (Å²) in [5, 5.41) is 5.94. The van der Waals surface area contributed by atoms with Crippen molar-refractivity contribution in [1.29, 1.82) is 0 Å². The molecule has 0 aliphatic rings. The molecule has 824 valence electrons. The Bertz CT molecular complexity index is 1970. The fourth-order valence-corrected chi connectivity index (χ4v) is 23.1. The summed E-state index contributed by atoms with van der Waals surface area (Å²) in [7, 11) is 0. The first-order valence-electron chi connectivity index (χ1n) is 66.8. The van der Waals surface area contributed by atoms with Crippen molar-refractivity contribution in [1.82, 2.24) is 19.8 Å². The molecule has 0 aromatic heterocycles. The first-order valence-corrected chi connectivity index (χ1v) is 66.8. The lowest BCUT2D eigenvalue weighted by molar-refractivity contribution is -0.0681. The normalized spacial score (nSPS) is 12.5. The van der Waals surface area contributed by atoms with Gasteiger partial charge in [-0.25, -0.2) is 10.0 Å². The Balaban J connectivity index is 6.16. The van der Waals surface area contributed by atoms with Crippen LogP contribution in [0.1, 0.15) is 793 Å². The van der Waals surface area contributed by atoms with Gasteiger partial charge in [0, 0.05) is 52.4 Å². The molecule has 1 unspecified atom stereocenters. The van der Waals surface area contributed by atoms with E-state index in [1.54, 1.807) is 0 Å². The van der Waals surface area contributed by atoms with E-state index >= 15 is 0 Å². The Hall–Kier alpha value is -0.200. The van der Waals surface area contributed by atoms with Crippen molar-refractivity contribution in [3.63, 3.8) is 0 Å². The largest absolute Gasteiger partial charge is 0.301 e. The van der Waals surface area contributed by atoms with Gasteiger partial charge in [-0.05, 0) is 64.2 Å². The van der Waals surface area contributed by atoms with Crippen molar-refractivity contribution in [3.05, 3.63) is 0 Å². The molecular weight excluding hydrogens is 1660 g/mol. The predicted molar refractivity (Wildman–Crippen MR) is 629 cm³/mol. The molecule has 5 heteroatoms. The second kappa shape index (κ2) is 123. The minimum absolute atomic E-state index is 0.328. The summed E-state index contributed by atoms with van der Waals surface area (Å²) in [5.74, 6) is -0.328. The molecule has 0 rings (SSSR count). The van der Waals surface area contributed by atoms with Gasteiger partial charge in [-0.15, -0.1) is 0 Å². The zero-order chi connectivity index (χ0) is 98.5. The molecule has 0 aromatic rings. The first kappa shape index (κ1) is 137. The maximum atomic E-state index is 8.47. The summed E-state index contributed by atoms with van der Waals surface area (Å²) in [4.78, 5) is 5.96. The molecule has 0 heterocycles. The number of hydrazine groups is 1. The van der Waals surface area contributed by atoms with E-state index in [1.165, 1.54) is 791 Å². The average Bonchev–Trinajstić information content (AvgIpc) is 0.807. The number of rotatable bonds is 128. The zero-order valence-electron chi connectivity index (χ0n) is 97.5. The Morgan fingerprint density at radius 1 is 0.102 bits per heavy atom. The summed E-state index contributed by atoms with van der Waals surface area (Å²) < 4.78 is 0. The fourth-order valence-electron chi connectivity index (χ4n) is 23.1. The Morgan fingerprint density at radius 2 is 0.182 bits per heavy atom. The Kier molecular flexibility index (Phi) is 123. The van der Waals surface area contributed by atoms with Gasteiger partial charge in [0.05, 0.1) is 0 Å². The number of nitrogens with two attached hydrogens (primary N) is 1. The quantitative estimate of drug-likeness (QED) is 0.0373. The van der Waals surface area contributed by atoms with E-state index in [0.717, 1.165) is 6.42 Å². The van der Waals surface area contributed by atoms with E-state index in [4.69, 9.17) is 5.73 Å². The Morgan fingerprint density at radius 3 is 0.285 bits per heavy atom. The van der Waals surface area contributed by atoms with Crippen LogP contribution >= 0.6 is 0 Å². The van der Waals surface area contributed by atoms with Gasteiger partial charge in [0.15, 0.2) is 0 Å². The topological polar surface area (TPSA) is 39.0 Å². The van der Waals surface area contributed by atoms with E-state index in [-0.39, 0.29) is 5.79 Å². The average molecular weight is 1930 g/mol. The van der Waals surface area contributed by atoms with Crippen LogP contribution in [-0.4, -0.2) is 78.0 Å². The highest BCUT2D eigenvalue weighted by Gasteiger charge is 2.37. The van der Waals surface area contributed by atoms with Gasteiger partial charge in [0.25, 0.3) is 0 Å². The van der Waals surface area contributed by atoms with Crippen molar-refractivity contribution in [2.75, 3.05) is 52.4 Å². The third kappa shape index (κ3) is 107. The van der Waals surface area contributed by atoms with Gasteiger partial charge < -0.3 is 5.73 Å². The van der Waals surface area contributed by atoms with E-state index in [1.807, 2.05) is 0 Å². The van der Waals surface area contributed by atoms with Crippen LogP contribution in [0.15, 0.2) is 0 Å². The van der Waals surface area contributed by atoms with Gasteiger partial charge in [0.2, 0.25) is 0 Å². The van der Waals surface area contributed by atoms with Gasteiger partial charge in [-0.2, -0.15) is 0 Å². The highest BCUT2D eigenvalue weighted by atomic mass is 15.6. The molecule has 0 aliphatic carbocycles. The standard InChI is InChI=1S/C132H271N5/c1-8-15-22-29-36-43-50-57-62-67-76-85-94-103-112-121-130-137(136(128-119-110-101-92-83-74-65-58-51-44-37-30-23-16-9-2)129-120-111-102-93-84-75-66-59-52-45-38-31-24-17-10-3)131-122-113-104-95-86-77-68-63-64-69-78-87-96-105-114-123-132(133,134(124-115-106-97-88-79-70-55-48-41-34-27-20-13-6)125-116-107-98-89-80-71-56-49-42-35-28-21-14-7)135(126-117-108-99-90-81-72-60-53-46-39-32-25-18-11-4)127-118-109-100-91-82-73-61-54-47-40-33-26-19-12-5/h8-131,133H2,1-7H3. The molecule has 2 N–H and O–H groups in total. The van der Waals surface area contributed by atoms with Gasteiger partial charge in [0.1, 0.15) is 5.79 Å². The molecule has 0 radical (unpaired) electrons. The molecule has 137 heavy (non-hydrogen) atoms. The second-order valence-corrected chi connectivity index (χ2v) is 46.7. The summed E-state index contributed by atoms with van der Waals surface area (Å²) >= 11 is 0. The highest BCUT2D eigenvalue weighted by molar-refractivity contribution is 4.87. The van der Waals surface area contributed by atoms with Crippen LogP contribution in [-0.2, 0) is 0 Å². The number of hydrogen-bond donors (Lipinski definition) is 1. The molecule has 0 amide bonds. The highest BCUT2D eigenvalue weighted by Crippen LogP contribution is 2.31. The third-order valence-corrected chi connectivity index (χ3v) is 32.9. The molecule has 0 spiro atoms.